The molecule has 10 heteroatoms. The van der Waals surface area contributed by atoms with Gasteiger partial charge < -0.3 is 0 Å². The summed E-state index contributed by atoms with van der Waals surface area (Å²) in [4.78, 5) is 0. The van der Waals surface area contributed by atoms with Crippen molar-refractivity contribution >= 4 is 0 Å². The van der Waals surface area contributed by atoms with E-state index in [0.29, 0.717) is 31.3 Å². The Morgan fingerprint density at radius 1 is 0.750 bits per heavy atom. The Balaban J connectivity index is 0. The van der Waals surface area contributed by atoms with Crippen LogP contribution in [0.2, 0.25) is 0 Å². The molecule has 0 N–H and O–H groups in total. The van der Waals surface area contributed by atoms with Crippen molar-refractivity contribution in [1.82, 2.24) is 0 Å². The first-order valence-electron chi connectivity index (χ1n) is 2.65. The molecule has 8 nitrogen and oxygen atoms in total. The molecule has 76 valence electrons. The van der Waals surface area contributed by atoms with Crippen molar-refractivity contribution in [3.63, 3.8) is 0 Å². The first kappa shape index (κ1) is 17.1. The van der Waals surface area contributed by atoms with E-state index in [1.807, 2.05) is 0 Å². The Bertz CT molecular complexity index is 607. The molecule has 0 unspecified atom stereocenters. The number of rotatable bonds is 1. The molecule has 0 bridgehead atoms. The van der Waals surface area contributed by atoms with Crippen molar-refractivity contribution in [3.05, 3.63) is 0 Å². The quantitative estimate of drug-likeness (QED) is 0.360. The summed E-state index contributed by atoms with van der Waals surface area (Å²) < 4.78 is 15.8. The summed E-state index contributed by atoms with van der Waals surface area (Å²) in [6.07, 6.45) is 0.620. The number of nitrogens with zero attached hydrogens (tertiary/aromatic N) is 6. The standard InChI is InChI=1S/CHNO.5CN.Co.K.O/c2-1-3;5*1-2;;;/h3H;;;;;;;;/q;;;;;;;+1;/p-1. The average molecular weight is 286 g/mol. The molecule has 0 heterocycles. The van der Waals surface area contributed by atoms with Gasteiger partial charge in [-0.1, -0.05) is 0 Å². The number of hydrogen-bond acceptors (Lipinski definition) is 8. The van der Waals surface area contributed by atoms with Gasteiger partial charge in [0.1, 0.15) is 0 Å². The fourth-order valence-corrected chi connectivity index (χ4v) is 1.37. The topological polar surface area (TPSA) is 169 Å². The predicted octanol–water partition coefficient (Wildman–Crippen LogP) is -3.09. The minimum atomic E-state index is -8.12. The van der Waals surface area contributed by atoms with Gasteiger partial charge in [-0.2, -0.15) is 0 Å². The molecule has 0 saturated carbocycles. The van der Waals surface area contributed by atoms with Gasteiger partial charge in [-0.05, 0) is 0 Å². The molecule has 0 rings (SSSR count). The molecular weight excluding hydrogens is 286 g/mol. The Hall–Kier alpha value is -1.32. The Morgan fingerprint density at radius 3 is 1.06 bits per heavy atom. The van der Waals surface area contributed by atoms with E-state index in [1.165, 1.54) is 0 Å². The SMILES string of the molecule is N#C[O][Co-](=[O])([C]#N)([C]#N)([C]#N)([C]#N)[C]#N.[K+]. The second-order valence-corrected chi connectivity index (χ2v) is 8.38. The van der Waals surface area contributed by atoms with E-state index < -0.39 is 9.75 Å². The van der Waals surface area contributed by atoms with Crippen molar-refractivity contribution in [1.29, 1.82) is 31.6 Å². The molecule has 0 aliphatic heterocycles. The second-order valence-electron chi connectivity index (χ2n) is 2.10. The van der Waals surface area contributed by atoms with Crippen LogP contribution in [0.1, 0.15) is 0 Å². The van der Waals surface area contributed by atoms with Crippen LogP contribution in [0, 0.1) is 62.8 Å². The third-order valence-electron chi connectivity index (χ3n) is 1.28. The van der Waals surface area contributed by atoms with Gasteiger partial charge in [0.25, 0.3) is 0 Å². The van der Waals surface area contributed by atoms with Crippen LogP contribution in [0.3, 0.4) is 0 Å². The maximum Gasteiger partial charge on any atom is 1.00 e. The monoisotopic (exact) mass is 286 g/mol. The third kappa shape index (κ3) is 1.36. The average Bonchev–Trinajstić information content (AvgIpc) is 2.32. The zero-order valence-electron chi connectivity index (χ0n) is 7.83. The smallest absolute Gasteiger partial charge is 1.00 e. The van der Waals surface area contributed by atoms with Crippen molar-refractivity contribution in [2.24, 2.45) is 0 Å². The van der Waals surface area contributed by atoms with E-state index in [4.69, 9.17) is 31.6 Å². The van der Waals surface area contributed by atoms with Crippen LogP contribution in [0.4, 0.5) is 0 Å². The summed E-state index contributed by atoms with van der Waals surface area (Å²) in [5.41, 5.74) is 0. The van der Waals surface area contributed by atoms with Gasteiger partial charge in [-0.25, -0.2) is 0 Å². The summed E-state index contributed by atoms with van der Waals surface area (Å²) in [5.74, 6) is 0. The van der Waals surface area contributed by atoms with Crippen molar-refractivity contribution in [2.75, 3.05) is 0 Å². The summed E-state index contributed by atoms with van der Waals surface area (Å²) in [7, 11) is -8.12. The van der Waals surface area contributed by atoms with Crippen molar-refractivity contribution < 1.29 is 68.8 Å². The fraction of sp³-hybridized carbons (Fsp3) is 0. The van der Waals surface area contributed by atoms with Crippen LogP contribution in [-0.4, -0.2) is 0 Å². The molecule has 0 aromatic heterocycles. The van der Waals surface area contributed by atoms with Gasteiger partial charge in [0.15, 0.2) is 0 Å². The summed E-state index contributed by atoms with van der Waals surface area (Å²) in [5, 5.41) is 53.7. The molecule has 0 radical (unpaired) electrons. The van der Waals surface area contributed by atoms with Crippen LogP contribution in [0.15, 0.2) is 0 Å². The van der Waals surface area contributed by atoms with Crippen LogP contribution in [-0.2, 0) is 17.5 Å². The maximum atomic E-state index is 12.2. The molecule has 0 atom stereocenters. The molecule has 16 heavy (non-hydrogen) atoms. The number of hydrogen-bond donors (Lipinski definition) is 0. The maximum absolute atomic E-state index is 12.2. The van der Waals surface area contributed by atoms with E-state index in [-0.39, 0.29) is 51.4 Å². The van der Waals surface area contributed by atoms with E-state index >= 15 is 0 Å². The van der Waals surface area contributed by atoms with E-state index in [9.17, 15) is 3.87 Å². The van der Waals surface area contributed by atoms with Crippen LogP contribution in [0.25, 0.3) is 0 Å². The molecule has 0 aliphatic carbocycles. The summed E-state index contributed by atoms with van der Waals surface area (Å²) in [6, 6.07) is 0. The molecule has 0 saturated heterocycles. The summed E-state index contributed by atoms with van der Waals surface area (Å²) in [6.45, 7) is 0. The minimum absolute atomic E-state index is 0. The molecule has 0 amide bonds. The Kier molecular flexibility index (Phi) is 3.30. The zero-order chi connectivity index (χ0) is 12.3. The minimum Gasteiger partial charge on any atom is 1.00 e. The van der Waals surface area contributed by atoms with Gasteiger partial charge in [0.05, 0.1) is 0 Å². The van der Waals surface area contributed by atoms with Gasteiger partial charge in [-0.3, -0.25) is 0 Å². The van der Waals surface area contributed by atoms with E-state index in [2.05, 4.69) is 3.85 Å². The Morgan fingerprint density at radius 2 is 1.00 bits per heavy atom. The van der Waals surface area contributed by atoms with Gasteiger partial charge >= 0.3 is 132 Å². The molecule has 0 aromatic carbocycles. The Labute approximate surface area is 130 Å². The summed E-state index contributed by atoms with van der Waals surface area (Å²) >= 11 is 0. The predicted molar refractivity (Wildman–Crippen MR) is 35.4 cm³/mol. The molecule has 0 aliphatic rings. The largest absolute Gasteiger partial charge is 1.00 e. The molecule has 0 spiro atoms. The normalized spacial score (nSPS) is 14.8. The molecule has 0 fully saturated rings. The number of nitriles is 6. The van der Waals surface area contributed by atoms with Gasteiger partial charge in [0, 0.05) is 0 Å². The molecule has 0 aromatic rings. The fourth-order valence-electron chi connectivity index (χ4n) is 0.331. The zero-order valence-corrected chi connectivity index (χ0v) is 12.0. The van der Waals surface area contributed by atoms with E-state index in [1.54, 1.807) is 0 Å². The first-order chi connectivity index (χ1) is 6.72. The van der Waals surface area contributed by atoms with Gasteiger partial charge in [-0.15, -0.1) is 0 Å². The van der Waals surface area contributed by atoms with Crippen LogP contribution < -0.4 is 51.4 Å². The van der Waals surface area contributed by atoms with E-state index in [0.717, 1.165) is 0 Å². The second kappa shape index (κ2) is 3.09. The van der Waals surface area contributed by atoms with Crippen LogP contribution in [0.5, 0.6) is 0 Å². The third-order valence-corrected chi connectivity index (χ3v) is 5.27. The molecular formula is C6CoKN6O2. The van der Waals surface area contributed by atoms with Crippen molar-refractivity contribution in [2.45, 2.75) is 0 Å². The van der Waals surface area contributed by atoms with Gasteiger partial charge in [0.2, 0.25) is 0 Å². The van der Waals surface area contributed by atoms with Crippen LogP contribution >= 0.6 is 0 Å². The van der Waals surface area contributed by atoms with Crippen molar-refractivity contribution in [3.8, 4) is 31.3 Å². The first-order valence-corrected chi connectivity index (χ1v) is 6.10.